The maximum Gasteiger partial charge on any atom is 0.261 e. The summed E-state index contributed by atoms with van der Waals surface area (Å²) in [6.07, 6.45) is 4.59. The molecule has 0 radical (unpaired) electrons. The fourth-order valence-electron chi connectivity index (χ4n) is 4.36. The van der Waals surface area contributed by atoms with Crippen molar-refractivity contribution in [2.24, 2.45) is 0 Å². The number of aryl methyl sites for hydroxylation is 2. The van der Waals surface area contributed by atoms with Gasteiger partial charge in [0.1, 0.15) is 11.8 Å². The van der Waals surface area contributed by atoms with Gasteiger partial charge in [-0.15, -0.1) is 0 Å². The summed E-state index contributed by atoms with van der Waals surface area (Å²) in [4.78, 5) is 28.2. The second kappa shape index (κ2) is 12.1. The molecule has 0 bridgehead atoms. The maximum absolute atomic E-state index is 13.4. The molecule has 2 amide bonds. The zero-order valence-corrected chi connectivity index (χ0v) is 22.1. The van der Waals surface area contributed by atoms with Gasteiger partial charge in [-0.3, -0.25) is 9.59 Å². The minimum absolute atomic E-state index is 0.107. The van der Waals surface area contributed by atoms with Crippen LogP contribution in [0.15, 0.2) is 30.3 Å². The molecular weight excluding hydrogens is 495 g/mol. The molecule has 0 aromatic heterocycles. The van der Waals surface area contributed by atoms with Crippen LogP contribution in [0.2, 0.25) is 15.1 Å². The first-order chi connectivity index (χ1) is 16.2. The topological polar surface area (TPSA) is 58.6 Å². The molecule has 1 fully saturated rings. The van der Waals surface area contributed by atoms with E-state index in [2.05, 4.69) is 5.32 Å². The van der Waals surface area contributed by atoms with Gasteiger partial charge in [0.2, 0.25) is 5.91 Å². The number of nitrogens with one attached hydrogen (secondary N) is 1. The summed E-state index contributed by atoms with van der Waals surface area (Å²) in [5.74, 6) is 0.0608. The molecule has 2 aromatic carbocycles. The molecule has 0 saturated heterocycles. The van der Waals surface area contributed by atoms with Crippen molar-refractivity contribution in [2.75, 3.05) is 6.61 Å². The Morgan fingerprint density at radius 2 is 1.68 bits per heavy atom. The largest absolute Gasteiger partial charge is 0.484 e. The monoisotopic (exact) mass is 524 g/mol. The Bertz CT molecular complexity index is 995. The third kappa shape index (κ3) is 6.59. The van der Waals surface area contributed by atoms with E-state index in [0.717, 1.165) is 36.8 Å². The highest BCUT2D eigenvalue weighted by Gasteiger charge is 2.31. The van der Waals surface area contributed by atoms with Crippen LogP contribution in [0.25, 0.3) is 0 Å². The molecule has 8 heteroatoms. The Labute approximate surface area is 216 Å². The first-order valence-corrected chi connectivity index (χ1v) is 12.8. The van der Waals surface area contributed by atoms with Gasteiger partial charge in [0, 0.05) is 33.2 Å². The highest BCUT2D eigenvalue weighted by Crippen LogP contribution is 2.28. The number of amides is 2. The fourth-order valence-corrected chi connectivity index (χ4v) is 4.98. The van der Waals surface area contributed by atoms with E-state index in [0.29, 0.717) is 32.8 Å². The van der Waals surface area contributed by atoms with Crippen LogP contribution >= 0.6 is 34.8 Å². The number of ether oxygens (including phenoxy) is 1. The number of carbonyl (C=O) groups is 2. The van der Waals surface area contributed by atoms with Crippen LogP contribution in [0.4, 0.5) is 0 Å². The van der Waals surface area contributed by atoms with E-state index in [-0.39, 0.29) is 31.0 Å². The van der Waals surface area contributed by atoms with Crippen LogP contribution in [0, 0.1) is 13.8 Å². The summed E-state index contributed by atoms with van der Waals surface area (Å²) < 4.78 is 5.82. The smallest absolute Gasteiger partial charge is 0.261 e. The van der Waals surface area contributed by atoms with Crippen molar-refractivity contribution in [1.82, 2.24) is 10.2 Å². The van der Waals surface area contributed by atoms with Crippen LogP contribution < -0.4 is 10.1 Å². The summed E-state index contributed by atoms with van der Waals surface area (Å²) in [5, 5.41) is 4.68. The Morgan fingerprint density at radius 1 is 1.09 bits per heavy atom. The molecule has 0 unspecified atom stereocenters. The molecular formula is C26H31Cl3N2O3. The van der Waals surface area contributed by atoms with Crippen LogP contribution in [-0.4, -0.2) is 35.4 Å². The highest BCUT2D eigenvalue weighted by molar-refractivity contribution is 6.36. The van der Waals surface area contributed by atoms with Crippen LogP contribution in [0.1, 0.15) is 55.7 Å². The molecule has 0 spiro atoms. The van der Waals surface area contributed by atoms with E-state index < -0.39 is 6.04 Å². The number of rotatable bonds is 9. The first kappa shape index (κ1) is 26.7. The van der Waals surface area contributed by atoms with Crippen molar-refractivity contribution in [2.45, 2.75) is 71.5 Å². The lowest BCUT2D eigenvalue weighted by atomic mass is 10.1. The van der Waals surface area contributed by atoms with Gasteiger partial charge in [0.25, 0.3) is 5.91 Å². The molecule has 0 heterocycles. The highest BCUT2D eigenvalue weighted by atomic mass is 35.5. The van der Waals surface area contributed by atoms with Gasteiger partial charge in [0.15, 0.2) is 6.61 Å². The third-order valence-electron chi connectivity index (χ3n) is 6.25. The van der Waals surface area contributed by atoms with Crippen molar-refractivity contribution in [3.05, 3.63) is 62.1 Å². The summed E-state index contributed by atoms with van der Waals surface area (Å²) in [6, 6.07) is 8.26. The van der Waals surface area contributed by atoms with Crippen molar-refractivity contribution in [3.63, 3.8) is 0 Å². The minimum atomic E-state index is -0.669. The first-order valence-electron chi connectivity index (χ1n) is 11.6. The zero-order valence-electron chi connectivity index (χ0n) is 19.8. The van der Waals surface area contributed by atoms with Crippen LogP contribution in [0.5, 0.6) is 5.75 Å². The fraction of sp³-hybridized carbons (Fsp3) is 0.462. The number of hydrogen-bond acceptors (Lipinski definition) is 3. The predicted molar refractivity (Wildman–Crippen MR) is 138 cm³/mol. The number of carbonyl (C=O) groups excluding carboxylic acids is 2. The van der Waals surface area contributed by atoms with E-state index >= 15 is 0 Å². The lowest BCUT2D eigenvalue weighted by molar-refractivity contribution is -0.143. The zero-order chi connectivity index (χ0) is 24.8. The van der Waals surface area contributed by atoms with E-state index in [4.69, 9.17) is 39.5 Å². The van der Waals surface area contributed by atoms with Crippen LogP contribution in [-0.2, 0) is 16.1 Å². The van der Waals surface area contributed by atoms with Crippen molar-refractivity contribution in [3.8, 4) is 5.75 Å². The van der Waals surface area contributed by atoms with Gasteiger partial charge in [-0.05, 0) is 68.5 Å². The Hall–Kier alpha value is -1.95. The molecule has 1 saturated carbocycles. The Balaban J connectivity index is 1.83. The van der Waals surface area contributed by atoms with Gasteiger partial charge < -0.3 is 15.0 Å². The number of halogens is 3. The van der Waals surface area contributed by atoms with E-state index in [9.17, 15) is 9.59 Å². The lowest BCUT2D eigenvalue weighted by Crippen LogP contribution is -2.52. The van der Waals surface area contributed by atoms with E-state index in [1.807, 2.05) is 20.8 Å². The van der Waals surface area contributed by atoms with Crippen molar-refractivity contribution in [1.29, 1.82) is 0 Å². The second-order valence-corrected chi connectivity index (χ2v) is 9.99. The second-order valence-electron chi connectivity index (χ2n) is 8.80. The molecule has 0 aliphatic heterocycles. The van der Waals surface area contributed by atoms with Crippen molar-refractivity contribution >= 4 is 46.6 Å². The summed E-state index contributed by atoms with van der Waals surface area (Å²) >= 11 is 19.0. The van der Waals surface area contributed by atoms with Crippen LogP contribution in [0.3, 0.4) is 0 Å². The molecule has 1 N–H and O–H groups in total. The number of benzene rings is 2. The molecule has 1 aliphatic carbocycles. The number of hydrogen-bond donors (Lipinski definition) is 1. The average molecular weight is 526 g/mol. The molecule has 1 atom stereocenters. The summed E-state index contributed by atoms with van der Waals surface area (Å²) in [7, 11) is 0. The summed E-state index contributed by atoms with van der Waals surface area (Å²) in [6.45, 7) is 5.54. The molecule has 5 nitrogen and oxygen atoms in total. The van der Waals surface area contributed by atoms with Crippen molar-refractivity contribution < 1.29 is 14.3 Å². The SMILES string of the molecule is CC[C@H](C(=O)NC1CCCC1)N(Cc1c(Cl)cccc1Cl)C(=O)COc1cc(C)c(Cl)c(C)c1. The minimum Gasteiger partial charge on any atom is -0.484 e. The standard InChI is InChI=1S/C26H31Cl3N2O3/c1-4-23(26(33)30-18-8-5-6-9-18)31(14-20-21(27)10-7-11-22(20)28)24(32)15-34-19-12-16(2)25(29)17(3)13-19/h7,10-13,18,23H,4-6,8-9,14-15H2,1-3H3,(H,30,33)/t23-/m1/s1. The van der Waals surface area contributed by atoms with Gasteiger partial charge in [-0.2, -0.15) is 0 Å². The predicted octanol–water partition coefficient (Wildman–Crippen LogP) is 6.51. The molecule has 2 aromatic rings. The summed E-state index contributed by atoms with van der Waals surface area (Å²) in [5.41, 5.74) is 2.34. The average Bonchev–Trinajstić information content (AvgIpc) is 3.30. The third-order valence-corrected chi connectivity index (χ3v) is 7.55. The molecule has 1 aliphatic rings. The maximum atomic E-state index is 13.4. The number of nitrogens with zero attached hydrogens (tertiary/aromatic N) is 1. The normalized spacial score (nSPS) is 14.6. The van der Waals surface area contributed by atoms with Gasteiger partial charge in [-0.25, -0.2) is 0 Å². The van der Waals surface area contributed by atoms with Gasteiger partial charge >= 0.3 is 0 Å². The molecule has 3 rings (SSSR count). The van der Waals surface area contributed by atoms with Gasteiger partial charge in [0.05, 0.1) is 0 Å². The lowest BCUT2D eigenvalue weighted by Gasteiger charge is -2.32. The Morgan fingerprint density at radius 3 is 2.24 bits per heavy atom. The quantitative estimate of drug-likeness (QED) is 0.406. The van der Waals surface area contributed by atoms with E-state index in [1.54, 1.807) is 30.3 Å². The van der Waals surface area contributed by atoms with Gasteiger partial charge in [-0.1, -0.05) is 60.6 Å². The van der Waals surface area contributed by atoms with E-state index in [1.165, 1.54) is 4.90 Å². The Kier molecular flexibility index (Phi) is 9.52. The molecule has 34 heavy (non-hydrogen) atoms. The molecule has 184 valence electrons.